The zero-order chi connectivity index (χ0) is 13.5. The van der Waals surface area contributed by atoms with Gasteiger partial charge in [0.25, 0.3) is 0 Å². The van der Waals surface area contributed by atoms with Gasteiger partial charge in [-0.2, -0.15) is 0 Å². The van der Waals surface area contributed by atoms with Crippen LogP contribution in [0, 0.1) is 11.8 Å². The Morgan fingerprint density at radius 1 is 1.53 bits per heavy atom. The Bertz CT molecular complexity index is 459. The number of nitrogens with zero attached hydrogens (tertiary/aromatic N) is 5. The quantitative estimate of drug-likeness (QED) is 0.810. The molecule has 2 aliphatic rings. The van der Waals surface area contributed by atoms with Gasteiger partial charge in [0.1, 0.15) is 12.9 Å². The smallest absolute Gasteiger partial charge is 0.244 e. The van der Waals surface area contributed by atoms with Crippen molar-refractivity contribution in [2.75, 3.05) is 13.1 Å². The van der Waals surface area contributed by atoms with Crippen molar-refractivity contribution < 1.29 is 9.90 Å². The normalized spacial score (nSPS) is 31.5. The number of aliphatic hydroxyl groups is 1. The van der Waals surface area contributed by atoms with Gasteiger partial charge >= 0.3 is 0 Å². The monoisotopic (exact) mass is 265 g/mol. The Morgan fingerprint density at radius 2 is 2.32 bits per heavy atom. The van der Waals surface area contributed by atoms with E-state index in [1.807, 2.05) is 6.92 Å². The van der Waals surface area contributed by atoms with Gasteiger partial charge in [-0.3, -0.25) is 4.79 Å². The Kier molecular flexibility index (Phi) is 3.00. The maximum atomic E-state index is 12.2. The number of rotatable bonds is 3. The van der Waals surface area contributed by atoms with Gasteiger partial charge in [0.2, 0.25) is 5.91 Å². The molecule has 1 aromatic heterocycles. The van der Waals surface area contributed by atoms with E-state index in [9.17, 15) is 9.90 Å². The van der Waals surface area contributed by atoms with Crippen LogP contribution in [-0.2, 0) is 11.3 Å². The van der Waals surface area contributed by atoms with Crippen molar-refractivity contribution in [3.63, 3.8) is 0 Å². The second-order valence-corrected chi connectivity index (χ2v) is 5.80. The fourth-order valence-electron chi connectivity index (χ4n) is 3.14. The molecule has 1 aliphatic heterocycles. The molecule has 19 heavy (non-hydrogen) atoms. The first-order valence-electron chi connectivity index (χ1n) is 6.80. The van der Waals surface area contributed by atoms with E-state index in [1.54, 1.807) is 4.90 Å². The molecule has 2 unspecified atom stereocenters. The highest BCUT2D eigenvalue weighted by Gasteiger charge is 2.50. The van der Waals surface area contributed by atoms with Crippen LogP contribution < -0.4 is 0 Å². The van der Waals surface area contributed by atoms with Gasteiger partial charge in [0.05, 0.1) is 12.1 Å². The third-order valence-electron chi connectivity index (χ3n) is 4.65. The molecule has 1 saturated heterocycles. The first-order chi connectivity index (χ1) is 9.09. The summed E-state index contributed by atoms with van der Waals surface area (Å²) < 4.78 is 1.41. The molecule has 2 atom stereocenters. The third kappa shape index (κ3) is 2.11. The molecule has 2 heterocycles. The zero-order valence-corrected chi connectivity index (χ0v) is 11.1. The lowest BCUT2D eigenvalue weighted by Gasteiger charge is -2.41. The molecule has 104 valence electrons. The number of β-amino-alcohol motifs (C(OH)–C–C–N with tert-alkyl or cyclic N) is 1. The summed E-state index contributed by atoms with van der Waals surface area (Å²) >= 11 is 0. The number of hydrogen-bond donors (Lipinski definition) is 1. The van der Waals surface area contributed by atoms with Crippen LogP contribution in [0.3, 0.4) is 0 Å². The molecule has 7 nitrogen and oxygen atoms in total. The molecule has 1 saturated carbocycles. The molecule has 7 heteroatoms. The van der Waals surface area contributed by atoms with Crippen LogP contribution in [0.2, 0.25) is 0 Å². The van der Waals surface area contributed by atoms with E-state index in [1.165, 1.54) is 17.4 Å². The lowest BCUT2D eigenvalue weighted by Crippen LogP contribution is -2.48. The molecule has 1 aliphatic carbocycles. The van der Waals surface area contributed by atoms with E-state index in [4.69, 9.17) is 0 Å². The maximum Gasteiger partial charge on any atom is 0.244 e. The van der Waals surface area contributed by atoms with Crippen LogP contribution in [0.1, 0.15) is 26.2 Å². The highest BCUT2D eigenvalue weighted by molar-refractivity contribution is 5.76. The summed E-state index contributed by atoms with van der Waals surface area (Å²) in [7, 11) is 0. The third-order valence-corrected chi connectivity index (χ3v) is 4.65. The molecule has 0 bridgehead atoms. The highest BCUT2D eigenvalue weighted by atomic mass is 16.3. The number of carbonyl (C=O) groups excluding carboxylic acids is 1. The molecule has 0 aromatic carbocycles. The van der Waals surface area contributed by atoms with Gasteiger partial charge in [-0.15, -0.1) is 5.10 Å². The highest BCUT2D eigenvalue weighted by Crippen LogP contribution is 2.44. The minimum absolute atomic E-state index is 0.0330. The number of hydrogen-bond acceptors (Lipinski definition) is 5. The largest absolute Gasteiger partial charge is 0.387 e. The topological polar surface area (TPSA) is 84.1 Å². The van der Waals surface area contributed by atoms with Crippen LogP contribution in [0.25, 0.3) is 0 Å². The average molecular weight is 265 g/mol. The summed E-state index contributed by atoms with van der Waals surface area (Å²) in [6, 6.07) is 0. The fraction of sp³-hybridized carbons (Fsp3) is 0.833. The Labute approximate surface area is 111 Å². The predicted octanol–water partition coefficient (Wildman–Crippen LogP) is -0.317. The van der Waals surface area contributed by atoms with Crippen LogP contribution in [0.5, 0.6) is 0 Å². The van der Waals surface area contributed by atoms with Gasteiger partial charge in [0, 0.05) is 12.5 Å². The van der Waals surface area contributed by atoms with Crippen molar-refractivity contribution >= 4 is 5.91 Å². The SMILES string of the molecule is CC1CN(C(=O)Cn2cnnn2)CC1(O)C1CCC1. The number of amides is 1. The van der Waals surface area contributed by atoms with Crippen molar-refractivity contribution in [2.45, 2.75) is 38.3 Å². The average Bonchev–Trinajstić information content (AvgIpc) is 2.86. The predicted molar refractivity (Wildman–Crippen MR) is 65.9 cm³/mol. The first kappa shape index (κ1) is 12.5. The van der Waals surface area contributed by atoms with Crippen LogP contribution in [0.15, 0.2) is 6.33 Å². The lowest BCUT2D eigenvalue weighted by molar-refractivity contribution is -0.133. The standard InChI is InChI=1S/C12H19N5O2/c1-9-5-16(7-12(9,19)10-3-2-4-10)11(18)6-17-8-13-14-15-17/h8-10,19H,2-7H2,1H3. The second-order valence-electron chi connectivity index (χ2n) is 5.80. The number of tetrazole rings is 1. The fourth-order valence-corrected chi connectivity index (χ4v) is 3.14. The van der Waals surface area contributed by atoms with Gasteiger partial charge in [-0.1, -0.05) is 13.3 Å². The Hall–Kier alpha value is -1.50. The minimum Gasteiger partial charge on any atom is -0.387 e. The maximum absolute atomic E-state index is 12.2. The van der Waals surface area contributed by atoms with Crippen LogP contribution >= 0.6 is 0 Å². The van der Waals surface area contributed by atoms with Crippen molar-refractivity contribution in [2.24, 2.45) is 11.8 Å². The lowest BCUT2D eigenvalue weighted by atomic mass is 9.69. The van der Waals surface area contributed by atoms with Crippen molar-refractivity contribution in [1.29, 1.82) is 0 Å². The summed E-state index contributed by atoms with van der Waals surface area (Å²) in [6.45, 7) is 3.23. The summed E-state index contributed by atoms with van der Waals surface area (Å²) in [6.07, 6.45) is 4.78. The number of aromatic nitrogens is 4. The number of likely N-dealkylation sites (tertiary alicyclic amines) is 1. The molecule has 1 N–H and O–H groups in total. The van der Waals surface area contributed by atoms with Crippen molar-refractivity contribution in [3.05, 3.63) is 6.33 Å². The van der Waals surface area contributed by atoms with E-state index < -0.39 is 5.60 Å². The molecule has 0 radical (unpaired) electrons. The van der Waals surface area contributed by atoms with Gasteiger partial charge < -0.3 is 10.0 Å². The van der Waals surface area contributed by atoms with Crippen molar-refractivity contribution in [3.8, 4) is 0 Å². The van der Waals surface area contributed by atoms with Gasteiger partial charge in [-0.05, 0) is 29.2 Å². The molecule has 3 rings (SSSR count). The summed E-state index contributed by atoms with van der Waals surface area (Å²) in [5, 5.41) is 21.5. The number of carbonyl (C=O) groups is 1. The molecular weight excluding hydrogens is 246 g/mol. The minimum atomic E-state index is -0.700. The summed E-state index contributed by atoms with van der Waals surface area (Å²) in [4.78, 5) is 13.9. The van der Waals surface area contributed by atoms with Crippen LogP contribution in [-0.4, -0.2) is 54.8 Å². The van der Waals surface area contributed by atoms with E-state index in [2.05, 4.69) is 15.5 Å². The van der Waals surface area contributed by atoms with Gasteiger partial charge in [-0.25, -0.2) is 4.68 Å². The molecule has 1 aromatic rings. The van der Waals surface area contributed by atoms with E-state index in [0.29, 0.717) is 19.0 Å². The summed E-state index contributed by atoms with van der Waals surface area (Å²) in [5.41, 5.74) is -0.700. The van der Waals surface area contributed by atoms with Gasteiger partial charge in [0.15, 0.2) is 0 Å². The summed E-state index contributed by atoms with van der Waals surface area (Å²) in [5.74, 6) is 0.457. The first-order valence-corrected chi connectivity index (χ1v) is 6.80. The second kappa shape index (κ2) is 4.56. The van der Waals surface area contributed by atoms with E-state index in [-0.39, 0.29) is 18.4 Å². The van der Waals surface area contributed by atoms with Crippen LogP contribution in [0.4, 0.5) is 0 Å². The Morgan fingerprint density at radius 3 is 2.89 bits per heavy atom. The molecular formula is C12H19N5O2. The van der Waals surface area contributed by atoms with Crippen molar-refractivity contribution in [1.82, 2.24) is 25.1 Å². The Balaban J connectivity index is 1.65. The molecule has 0 spiro atoms. The van der Waals surface area contributed by atoms with E-state index in [0.717, 1.165) is 12.8 Å². The zero-order valence-electron chi connectivity index (χ0n) is 11.1. The molecule has 1 amide bonds. The van der Waals surface area contributed by atoms with E-state index >= 15 is 0 Å². The molecule has 2 fully saturated rings.